The Bertz CT molecular complexity index is 471. The molecule has 0 heterocycles. The number of carbonyl (C=O) groups excluding carboxylic acids is 1. The molecule has 1 amide bonds. The Morgan fingerprint density at radius 2 is 1.84 bits per heavy atom. The maximum absolute atomic E-state index is 12.1. The van der Waals surface area contributed by atoms with Crippen LogP contribution in [0.2, 0.25) is 0 Å². The molecule has 1 aromatic carbocycles. The normalized spacial score (nSPS) is 11.2. The zero-order chi connectivity index (χ0) is 14.6. The van der Waals surface area contributed by atoms with Gasteiger partial charge in [-0.1, -0.05) is 36.5 Å². The summed E-state index contributed by atoms with van der Waals surface area (Å²) in [5.41, 5.74) is 6.67. The van der Waals surface area contributed by atoms with Gasteiger partial charge < -0.3 is 10.6 Å². The number of likely N-dealkylation sites (N-methyl/N-ethyl adjacent to an activating group) is 1. The molecular formula is C12H13F3N2OS. The number of carbonyl (C=O) groups is 1. The van der Waals surface area contributed by atoms with E-state index in [4.69, 9.17) is 18.0 Å². The predicted octanol–water partition coefficient (Wildman–Crippen LogP) is 1.88. The molecule has 0 unspecified atom stereocenters. The highest BCUT2D eigenvalue weighted by atomic mass is 32.1. The van der Waals surface area contributed by atoms with E-state index in [-0.39, 0.29) is 11.4 Å². The largest absolute Gasteiger partial charge is 0.406 e. The quantitative estimate of drug-likeness (QED) is 0.861. The van der Waals surface area contributed by atoms with Crippen LogP contribution in [0.3, 0.4) is 0 Å². The first-order valence-electron chi connectivity index (χ1n) is 5.38. The van der Waals surface area contributed by atoms with Crippen molar-refractivity contribution in [2.75, 3.05) is 13.6 Å². The fourth-order valence-corrected chi connectivity index (χ4v) is 1.59. The molecule has 1 rings (SSSR count). The lowest BCUT2D eigenvalue weighted by Crippen LogP contribution is -2.36. The van der Waals surface area contributed by atoms with Crippen molar-refractivity contribution in [2.24, 2.45) is 5.73 Å². The molecule has 0 aliphatic carbocycles. The predicted molar refractivity (Wildman–Crippen MR) is 69.7 cm³/mol. The summed E-state index contributed by atoms with van der Waals surface area (Å²) in [5, 5.41) is 0. The molecule has 7 heteroatoms. The van der Waals surface area contributed by atoms with Crippen LogP contribution in [0.5, 0.6) is 0 Å². The highest BCUT2D eigenvalue weighted by molar-refractivity contribution is 7.80. The lowest BCUT2D eigenvalue weighted by Gasteiger charge is -2.18. The molecule has 0 saturated carbocycles. The van der Waals surface area contributed by atoms with Crippen molar-refractivity contribution in [1.82, 2.24) is 4.90 Å². The second kappa shape index (κ2) is 6.01. The Labute approximate surface area is 114 Å². The molecule has 0 saturated heterocycles. The SMILES string of the molecule is CN(CC(F)(F)F)C(=O)Cc1ccc(C(N)=S)cc1. The van der Waals surface area contributed by atoms with Crippen LogP contribution in [0.4, 0.5) is 13.2 Å². The van der Waals surface area contributed by atoms with Crippen molar-refractivity contribution in [2.45, 2.75) is 12.6 Å². The van der Waals surface area contributed by atoms with E-state index in [1.807, 2.05) is 0 Å². The fourth-order valence-electron chi connectivity index (χ4n) is 1.45. The molecule has 0 aliphatic heterocycles. The summed E-state index contributed by atoms with van der Waals surface area (Å²) in [6.07, 6.45) is -4.48. The number of alkyl halides is 3. The molecule has 0 aliphatic rings. The summed E-state index contributed by atoms with van der Waals surface area (Å²) >= 11 is 4.77. The van der Waals surface area contributed by atoms with E-state index >= 15 is 0 Å². The molecule has 0 bridgehead atoms. The fraction of sp³-hybridized carbons (Fsp3) is 0.333. The van der Waals surface area contributed by atoms with E-state index < -0.39 is 18.6 Å². The molecular weight excluding hydrogens is 277 g/mol. The van der Waals surface area contributed by atoms with Gasteiger partial charge in [-0.05, 0) is 5.56 Å². The number of rotatable bonds is 4. The molecule has 104 valence electrons. The van der Waals surface area contributed by atoms with Gasteiger partial charge in [-0.3, -0.25) is 4.79 Å². The molecule has 1 aromatic rings. The number of nitrogens with two attached hydrogens (primary N) is 1. The Hall–Kier alpha value is -1.63. The van der Waals surface area contributed by atoms with Crippen LogP contribution in [0.15, 0.2) is 24.3 Å². The smallest absolute Gasteiger partial charge is 0.389 e. The second-order valence-electron chi connectivity index (χ2n) is 4.10. The van der Waals surface area contributed by atoms with E-state index in [0.29, 0.717) is 16.0 Å². The third-order valence-corrected chi connectivity index (χ3v) is 2.67. The number of halogens is 3. The summed E-state index contributed by atoms with van der Waals surface area (Å²) < 4.78 is 36.4. The van der Waals surface area contributed by atoms with Crippen LogP contribution >= 0.6 is 12.2 Å². The van der Waals surface area contributed by atoms with Gasteiger partial charge in [0, 0.05) is 12.6 Å². The van der Waals surface area contributed by atoms with Gasteiger partial charge in [-0.25, -0.2) is 0 Å². The monoisotopic (exact) mass is 290 g/mol. The van der Waals surface area contributed by atoms with Crippen molar-refractivity contribution < 1.29 is 18.0 Å². The number of amides is 1. The second-order valence-corrected chi connectivity index (χ2v) is 4.54. The molecule has 0 aromatic heterocycles. The van der Waals surface area contributed by atoms with Gasteiger partial charge in [-0.15, -0.1) is 0 Å². The van der Waals surface area contributed by atoms with Crippen LogP contribution in [0, 0.1) is 0 Å². The lowest BCUT2D eigenvalue weighted by molar-refractivity contribution is -0.157. The summed E-state index contributed by atoms with van der Waals surface area (Å²) in [7, 11) is 1.12. The number of nitrogens with zero attached hydrogens (tertiary/aromatic N) is 1. The number of thiocarbonyl (C=S) groups is 1. The number of benzene rings is 1. The van der Waals surface area contributed by atoms with Gasteiger partial charge in [0.05, 0.1) is 6.42 Å². The molecule has 0 atom stereocenters. The van der Waals surface area contributed by atoms with Crippen molar-refractivity contribution in [3.05, 3.63) is 35.4 Å². The highest BCUT2D eigenvalue weighted by Gasteiger charge is 2.31. The van der Waals surface area contributed by atoms with E-state index in [9.17, 15) is 18.0 Å². The van der Waals surface area contributed by atoms with Crippen LogP contribution < -0.4 is 5.73 Å². The zero-order valence-corrected chi connectivity index (χ0v) is 11.0. The molecule has 0 spiro atoms. The standard InChI is InChI=1S/C12H13F3N2OS/c1-17(7-12(13,14)15)10(18)6-8-2-4-9(5-3-8)11(16)19/h2-5H,6-7H2,1H3,(H2,16,19). The maximum atomic E-state index is 12.1. The van der Waals surface area contributed by atoms with Gasteiger partial charge in [-0.2, -0.15) is 13.2 Å². The number of hydrogen-bond acceptors (Lipinski definition) is 2. The van der Waals surface area contributed by atoms with Crippen molar-refractivity contribution in [3.63, 3.8) is 0 Å². The molecule has 19 heavy (non-hydrogen) atoms. The minimum atomic E-state index is -4.39. The lowest BCUT2D eigenvalue weighted by atomic mass is 10.1. The first-order chi connectivity index (χ1) is 8.69. The number of hydrogen-bond donors (Lipinski definition) is 1. The van der Waals surface area contributed by atoms with E-state index in [0.717, 1.165) is 7.05 Å². The third-order valence-electron chi connectivity index (χ3n) is 2.44. The van der Waals surface area contributed by atoms with E-state index in [1.165, 1.54) is 0 Å². The Balaban J connectivity index is 2.64. The minimum Gasteiger partial charge on any atom is -0.389 e. The summed E-state index contributed by atoms with van der Waals surface area (Å²) in [4.78, 5) is 12.5. The average molecular weight is 290 g/mol. The topological polar surface area (TPSA) is 46.3 Å². The van der Waals surface area contributed by atoms with Crippen LogP contribution in [-0.2, 0) is 11.2 Å². The van der Waals surface area contributed by atoms with Crippen LogP contribution in [-0.4, -0.2) is 35.6 Å². The van der Waals surface area contributed by atoms with E-state index in [1.54, 1.807) is 24.3 Å². The van der Waals surface area contributed by atoms with Gasteiger partial charge in [0.1, 0.15) is 11.5 Å². The van der Waals surface area contributed by atoms with Crippen molar-refractivity contribution in [3.8, 4) is 0 Å². The third kappa shape index (κ3) is 5.25. The van der Waals surface area contributed by atoms with Crippen LogP contribution in [0.25, 0.3) is 0 Å². The van der Waals surface area contributed by atoms with Gasteiger partial charge in [0.25, 0.3) is 0 Å². The minimum absolute atomic E-state index is 0.0931. The zero-order valence-electron chi connectivity index (χ0n) is 10.2. The van der Waals surface area contributed by atoms with Crippen molar-refractivity contribution in [1.29, 1.82) is 0 Å². The summed E-state index contributed by atoms with van der Waals surface area (Å²) in [6, 6.07) is 6.51. The molecule has 0 radical (unpaired) electrons. The average Bonchev–Trinajstić information content (AvgIpc) is 2.27. The Morgan fingerprint density at radius 1 is 1.32 bits per heavy atom. The van der Waals surface area contributed by atoms with Gasteiger partial charge in [0.15, 0.2) is 0 Å². The molecule has 0 fully saturated rings. The van der Waals surface area contributed by atoms with Crippen LogP contribution in [0.1, 0.15) is 11.1 Å². The van der Waals surface area contributed by atoms with E-state index in [2.05, 4.69) is 0 Å². The molecule has 2 N–H and O–H groups in total. The van der Waals surface area contributed by atoms with Gasteiger partial charge in [0.2, 0.25) is 5.91 Å². The first-order valence-corrected chi connectivity index (χ1v) is 5.79. The highest BCUT2D eigenvalue weighted by Crippen LogP contribution is 2.16. The first kappa shape index (κ1) is 15.4. The maximum Gasteiger partial charge on any atom is 0.406 e. The Kier molecular flexibility index (Phi) is 4.88. The van der Waals surface area contributed by atoms with Gasteiger partial charge >= 0.3 is 6.18 Å². The van der Waals surface area contributed by atoms with Crippen molar-refractivity contribution >= 4 is 23.1 Å². The summed E-state index contributed by atoms with van der Waals surface area (Å²) in [5.74, 6) is -0.597. The Morgan fingerprint density at radius 3 is 2.26 bits per heavy atom. The molecule has 3 nitrogen and oxygen atoms in total. The summed E-state index contributed by atoms with van der Waals surface area (Å²) in [6.45, 7) is -1.25.